The van der Waals surface area contributed by atoms with Crippen LogP contribution in [0.15, 0.2) is 48.5 Å². The van der Waals surface area contributed by atoms with E-state index in [9.17, 15) is 4.39 Å². The number of hydrogen-bond acceptors (Lipinski definition) is 3. The van der Waals surface area contributed by atoms with Crippen LogP contribution in [-0.4, -0.2) is 6.61 Å². The van der Waals surface area contributed by atoms with Crippen LogP contribution in [-0.2, 0) is 0 Å². The lowest BCUT2D eigenvalue weighted by molar-refractivity contribution is 0.287. The number of ether oxygens (including phenoxy) is 1. The van der Waals surface area contributed by atoms with Crippen molar-refractivity contribution < 1.29 is 9.13 Å². The molecular weight excluding hydrogens is 279 g/mol. The molecule has 0 spiro atoms. The van der Waals surface area contributed by atoms with Gasteiger partial charge < -0.3 is 4.74 Å². The van der Waals surface area contributed by atoms with Crippen LogP contribution in [0.1, 0.15) is 18.0 Å². The van der Waals surface area contributed by atoms with Crippen molar-refractivity contribution in [3.05, 3.63) is 64.9 Å². The molecule has 0 aliphatic rings. The molecule has 1 atom stereocenters. The Morgan fingerprint density at radius 3 is 2.65 bits per heavy atom. The minimum atomic E-state index is -0.339. The van der Waals surface area contributed by atoms with Crippen LogP contribution in [0.3, 0.4) is 0 Å². The summed E-state index contributed by atoms with van der Waals surface area (Å²) in [4.78, 5) is 0. The molecule has 1 unspecified atom stereocenters. The van der Waals surface area contributed by atoms with Crippen LogP contribution in [0.2, 0.25) is 5.02 Å². The fourth-order valence-corrected chi connectivity index (χ4v) is 2.17. The third-order valence-corrected chi connectivity index (χ3v) is 3.30. The lowest BCUT2D eigenvalue weighted by atomic mass is 10.0. The Labute approximate surface area is 122 Å². The summed E-state index contributed by atoms with van der Waals surface area (Å²) in [6.45, 7) is 0.450. The van der Waals surface area contributed by atoms with Crippen LogP contribution in [0.25, 0.3) is 0 Å². The maximum absolute atomic E-state index is 13.3. The molecule has 2 aromatic rings. The Morgan fingerprint density at radius 2 is 1.95 bits per heavy atom. The highest BCUT2D eigenvalue weighted by atomic mass is 35.5. The third kappa shape index (κ3) is 3.93. The highest BCUT2D eigenvalue weighted by Crippen LogP contribution is 2.25. The number of nitrogens with two attached hydrogens (primary N) is 1. The molecule has 106 valence electrons. The predicted octanol–water partition coefficient (Wildman–Crippen LogP) is 3.45. The zero-order valence-corrected chi connectivity index (χ0v) is 11.6. The first-order chi connectivity index (χ1) is 9.70. The van der Waals surface area contributed by atoms with E-state index < -0.39 is 0 Å². The number of halogens is 2. The van der Waals surface area contributed by atoms with E-state index in [1.165, 1.54) is 18.2 Å². The third-order valence-electron chi connectivity index (χ3n) is 2.95. The Kier molecular flexibility index (Phi) is 5.35. The van der Waals surface area contributed by atoms with Crippen molar-refractivity contribution in [2.75, 3.05) is 6.61 Å². The standard InChI is InChI=1S/C15H16ClFN2O/c16-14-7-6-11(17)10-13(14)15(19-18)8-9-20-12-4-2-1-3-5-12/h1-7,10,15,19H,8-9,18H2. The van der Waals surface area contributed by atoms with Gasteiger partial charge in [-0.25, -0.2) is 4.39 Å². The molecule has 3 nitrogen and oxygen atoms in total. The average molecular weight is 295 g/mol. The number of hydrazine groups is 1. The Morgan fingerprint density at radius 1 is 1.20 bits per heavy atom. The second-order valence-electron chi connectivity index (χ2n) is 4.34. The number of benzene rings is 2. The molecule has 0 heterocycles. The normalized spacial score (nSPS) is 12.2. The van der Waals surface area contributed by atoms with Crippen LogP contribution in [0.4, 0.5) is 4.39 Å². The van der Waals surface area contributed by atoms with Crippen LogP contribution in [0, 0.1) is 5.82 Å². The van der Waals surface area contributed by atoms with Gasteiger partial charge in [-0.05, 0) is 35.9 Å². The van der Waals surface area contributed by atoms with Gasteiger partial charge >= 0.3 is 0 Å². The molecule has 0 aliphatic heterocycles. The lowest BCUT2D eigenvalue weighted by Gasteiger charge is -2.18. The number of nitrogens with one attached hydrogen (secondary N) is 1. The molecule has 0 aromatic heterocycles. The van der Waals surface area contributed by atoms with Crippen LogP contribution < -0.4 is 16.0 Å². The minimum Gasteiger partial charge on any atom is -0.494 e. The molecule has 0 saturated heterocycles. The van der Waals surface area contributed by atoms with Gasteiger partial charge in [0, 0.05) is 11.4 Å². The number of para-hydroxylation sites is 1. The van der Waals surface area contributed by atoms with Gasteiger partial charge in [0.25, 0.3) is 0 Å². The summed E-state index contributed by atoms with van der Waals surface area (Å²) in [7, 11) is 0. The summed E-state index contributed by atoms with van der Waals surface area (Å²) >= 11 is 6.06. The van der Waals surface area contributed by atoms with Gasteiger partial charge in [-0.15, -0.1) is 0 Å². The SMILES string of the molecule is NNC(CCOc1ccccc1)c1cc(F)ccc1Cl. The van der Waals surface area contributed by atoms with Gasteiger partial charge in [0.15, 0.2) is 0 Å². The van der Waals surface area contributed by atoms with Crippen LogP contribution in [0.5, 0.6) is 5.75 Å². The first kappa shape index (κ1) is 14.8. The minimum absolute atomic E-state index is 0.262. The maximum atomic E-state index is 13.3. The zero-order valence-electron chi connectivity index (χ0n) is 10.9. The largest absolute Gasteiger partial charge is 0.494 e. The summed E-state index contributed by atoms with van der Waals surface area (Å²) in [5.74, 6) is 5.96. The molecule has 0 saturated carbocycles. The molecule has 0 amide bonds. The Hall–Kier alpha value is -1.62. The van der Waals surface area contributed by atoms with Crippen molar-refractivity contribution in [3.8, 4) is 5.75 Å². The second-order valence-corrected chi connectivity index (χ2v) is 4.74. The van der Waals surface area contributed by atoms with Gasteiger partial charge in [0.05, 0.1) is 12.6 Å². The fourth-order valence-electron chi connectivity index (χ4n) is 1.92. The fraction of sp³-hybridized carbons (Fsp3) is 0.200. The Balaban J connectivity index is 1.97. The summed E-state index contributed by atoms with van der Waals surface area (Å²) in [6, 6.07) is 13.4. The summed E-state index contributed by atoms with van der Waals surface area (Å²) < 4.78 is 18.9. The van der Waals surface area contributed by atoms with E-state index in [2.05, 4.69) is 5.43 Å². The summed E-state index contributed by atoms with van der Waals surface area (Å²) in [5.41, 5.74) is 3.27. The van der Waals surface area contributed by atoms with E-state index in [-0.39, 0.29) is 11.9 Å². The van der Waals surface area contributed by atoms with E-state index in [1.54, 1.807) is 0 Å². The molecule has 3 N–H and O–H groups in total. The van der Waals surface area contributed by atoms with Gasteiger partial charge in [-0.2, -0.15) is 0 Å². The van der Waals surface area contributed by atoms with Gasteiger partial charge in [-0.3, -0.25) is 11.3 Å². The highest BCUT2D eigenvalue weighted by molar-refractivity contribution is 6.31. The molecule has 20 heavy (non-hydrogen) atoms. The highest BCUT2D eigenvalue weighted by Gasteiger charge is 2.14. The van der Waals surface area contributed by atoms with Gasteiger partial charge in [0.2, 0.25) is 0 Å². The average Bonchev–Trinajstić information content (AvgIpc) is 2.48. The van der Waals surface area contributed by atoms with Crippen molar-refractivity contribution in [1.29, 1.82) is 0 Å². The number of hydrogen-bond donors (Lipinski definition) is 2. The molecule has 0 aliphatic carbocycles. The van der Waals surface area contributed by atoms with E-state index in [4.69, 9.17) is 22.2 Å². The first-order valence-corrected chi connectivity index (χ1v) is 6.67. The van der Waals surface area contributed by atoms with Gasteiger partial charge in [0.1, 0.15) is 11.6 Å². The number of rotatable bonds is 6. The quantitative estimate of drug-likeness (QED) is 0.634. The molecular formula is C15H16ClFN2O. The zero-order chi connectivity index (χ0) is 14.4. The molecule has 2 aromatic carbocycles. The molecule has 5 heteroatoms. The van der Waals surface area contributed by atoms with Crippen molar-refractivity contribution >= 4 is 11.6 Å². The lowest BCUT2D eigenvalue weighted by Crippen LogP contribution is -2.29. The maximum Gasteiger partial charge on any atom is 0.123 e. The van der Waals surface area contributed by atoms with Crippen molar-refractivity contribution in [2.24, 2.45) is 5.84 Å². The van der Waals surface area contributed by atoms with Crippen LogP contribution >= 0.6 is 11.6 Å². The van der Waals surface area contributed by atoms with Crippen molar-refractivity contribution in [2.45, 2.75) is 12.5 Å². The first-order valence-electron chi connectivity index (χ1n) is 6.29. The van der Waals surface area contributed by atoms with E-state index in [0.29, 0.717) is 23.6 Å². The summed E-state index contributed by atoms with van der Waals surface area (Å²) in [5, 5.41) is 0.481. The Bertz CT molecular complexity index is 551. The summed E-state index contributed by atoms with van der Waals surface area (Å²) in [6.07, 6.45) is 0.578. The van der Waals surface area contributed by atoms with E-state index in [0.717, 1.165) is 5.75 Å². The van der Waals surface area contributed by atoms with Crippen molar-refractivity contribution in [1.82, 2.24) is 5.43 Å². The van der Waals surface area contributed by atoms with Crippen molar-refractivity contribution in [3.63, 3.8) is 0 Å². The molecule has 0 radical (unpaired) electrons. The van der Waals surface area contributed by atoms with E-state index >= 15 is 0 Å². The van der Waals surface area contributed by atoms with E-state index in [1.807, 2.05) is 30.3 Å². The molecule has 0 bridgehead atoms. The monoisotopic (exact) mass is 294 g/mol. The molecule has 2 rings (SSSR count). The topological polar surface area (TPSA) is 47.3 Å². The predicted molar refractivity (Wildman–Crippen MR) is 78.0 cm³/mol. The van der Waals surface area contributed by atoms with Gasteiger partial charge in [-0.1, -0.05) is 29.8 Å². The second kappa shape index (κ2) is 7.24. The smallest absolute Gasteiger partial charge is 0.123 e. The molecule has 0 fully saturated rings.